The number of fused-ring (bicyclic) bond motifs is 1. The summed E-state index contributed by atoms with van der Waals surface area (Å²) in [6.45, 7) is 7.73. The summed E-state index contributed by atoms with van der Waals surface area (Å²) in [5.74, 6) is 0.351. The predicted molar refractivity (Wildman–Crippen MR) is 80.9 cm³/mol. The van der Waals surface area contributed by atoms with Gasteiger partial charge in [0.1, 0.15) is 5.76 Å². The SMILES string of the molecule is CCOC(=O)c1c(C)c(-c2c(C)noc2C)n2ncccc12. The minimum absolute atomic E-state index is 0.330. The fourth-order valence-electron chi connectivity index (χ4n) is 2.78. The maximum atomic E-state index is 12.3. The van der Waals surface area contributed by atoms with Gasteiger partial charge in [0.25, 0.3) is 0 Å². The van der Waals surface area contributed by atoms with Crippen LogP contribution in [0, 0.1) is 20.8 Å². The molecule has 0 aliphatic carbocycles. The lowest BCUT2D eigenvalue weighted by Gasteiger charge is -2.02. The third kappa shape index (κ3) is 1.99. The molecule has 0 fully saturated rings. The number of ether oxygens (including phenoxy) is 1. The van der Waals surface area contributed by atoms with Crippen LogP contribution in [0.1, 0.15) is 34.3 Å². The molecule has 3 aromatic rings. The summed E-state index contributed by atoms with van der Waals surface area (Å²) in [4.78, 5) is 12.3. The van der Waals surface area contributed by atoms with Crippen molar-refractivity contribution in [2.45, 2.75) is 27.7 Å². The Hall–Kier alpha value is -2.63. The largest absolute Gasteiger partial charge is 0.462 e. The van der Waals surface area contributed by atoms with Crippen LogP contribution in [0.25, 0.3) is 16.8 Å². The molecule has 6 heteroatoms. The molecule has 0 unspecified atom stereocenters. The molecule has 0 radical (unpaired) electrons. The Morgan fingerprint density at radius 2 is 2.14 bits per heavy atom. The second kappa shape index (κ2) is 5.29. The Morgan fingerprint density at radius 3 is 2.77 bits per heavy atom. The molecule has 0 bridgehead atoms. The van der Waals surface area contributed by atoms with Crippen molar-refractivity contribution in [3.05, 3.63) is 40.9 Å². The Kier molecular flexibility index (Phi) is 3.44. The number of hydrogen-bond acceptors (Lipinski definition) is 5. The lowest BCUT2D eigenvalue weighted by Crippen LogP contribution is -2.05. The highest BCUT2D eigenvalue weighted by molar-refractivity contribution is 6.01. The Labute approximate surface area is 127 Å². The van der Waals surface area contributed by atoms with Crippen molar-refractivity contribution < 1.29 is 14.1 Å². The van der Waals surface area contributed by atoms with E-state index < -0.39 is 0 Å². The first kappa shape index (κ1) is 14.3. The number of aromatic nitrogens is 3. The van der Waals surface area contributed by atoms with Crippen molar-refractivity contribution >= 4 is 11.5 Å². The summed E-state index contributed by atoms with van der Waals surface area (Å²) in [6.07, 6.45) is 1.68. The number of aryl methyl sites for hydroxylation is 2. The predicted octanol–water partition coefficient (Wildman–Crippen LogP) is 3.09. The zero-order chi connectivity index (χ0) is 15.9. The fraction of sp³-hybridized carbons (Fsp3) is 0.312. The molecular formula is C16H17N3O3. The van der Waals surface area contributed by atoms with Crippen molar-refractivity contribution in [2.75, 3.05) is 6.61 Å². The number of carbonyl (C=O) groups excluding carboxylic acids is 1. The third-order valence-electron chi connectivity index (χ3n) is 3.70. The molecule has 22 heavy (non-hydrogen) atoms. The van der Waals surface area contributed by atoms with Crippen molar-refractivity contribution in [3.63, 3.8) is 0 Å². The molecule has 3 rings (SSSR count). The molecule has 3 aromatic heterocycles. The van der Waals surface area contributed by atoms with E-state index in [0.29, 0.717) is 23.4 Å². The molecule has 6 nitrogen and oxygen atoms in total. The van der Waals surface area contributed by atoms with Crippen LogP contribution >= 0.6 is 0 Å². The molecule has 0 saturated carbocycles. The average molecular weight is 299 g/mol. The maximum absolute atomic E-state index is 12.3. The molecule has 0 aliphatic rings. The van der Waals surface area contributed by atoms with Crippen molar-refractivity contribution in [2.24, 2.45) is 0 Å². The second-order valence-corrected chi connectivity index (χ2v) is 5.09. The van der Waals surface area contributed by atoms with E-state index in [9.17, 15) is 4.79 Å². The summed E-state index contributed by atoms with van der Waals surface area (Å²) < 4.78 is 12.2. The minimum atomic E-state index is -0.344. The maximum Gasteiger partial charge on any atom is 0.340 e. The first-order valence-electron chi connectivity index (χ1n) is 7.13. The number of rotatable bonds is 3. The summed E-state index contributed by atoms with van der Waals surface area (Å²) in [7, 11) is 0. The van der Waals surface area contributed by atoms with Crippen LogP contribution in [-0.2, 0) is 4.74 Å². The van der Waals surface area contributed by atoms with Gasteiger partial charge in [-0.2, -0.15) is 5.10 Å². The second-order valence-electron chi connectivity index (χ2n) is 5.09. The molecule has 0 spiro atoms. The van der Waals surface area contributed by atoms with Crippen LogP contribution in [0.15, 0.2) is 22.9 Å². The quantitative estimate of drug-likeness (QED) is 0.695. The van der Waals surface area contributed by atoms with E-state index in [1.54, 1.807) is 23.7 Å². The van der Waals surface area contributed by atoms with Gasteiger partial charge in [-0.05, 0) is 45.4 Å². The highest BCUT2D eigenvalue weighted by atomic mass is 16.5. The number of nitrogens with zero attached hydrogens (tertiary/aromatic N) is 3. The lowest BCUT2D eigenvalue weighted by molar-refractivity contribution is 0.0528. The monoisotopic (exact) mass is 299 g/mol. The number of esters is 1. The van der Waals surface area contributed by atoms with E-state index >= 15 is 0 Å². The van der Waals surface area contributed by atoms with E-state index in [0.717, 1.165) is 22.5 Å². The van der Waals surface area contributed by atoms with Crippen LogP contribution < -0.4 is 0 Å². The van der Waals surface area contributed by atoms with Gasteiger partial charge in [-0.1, -0.05) is 5.16 Å². The van der Waals surface area contributed by atoms with E-state index in [4.69, 9.17) is 9.26 Å². The van der Waals surface area contributed by atoms with E-state index in [1.807, 2.05) is 26.8 Å². The summed E-state index contributed by atoms with van der Waals surface area (Å²) >= 11 is 0. The first-order chi connectivity index (χ1) is 10.6. The first-order valence-corrected chi connectivity index (χ1v) is 7.13. The molecule has 0 amide bonds. The van der Waals surface area contributed by atoms with E-state index in [2.05, 4.69) is 10.3 Å². The summed E-state index contributed by atoms with van der Waals surface area (Å²) in [5.41, 5.74) is 4.50. The van der Waals surface area contributed by atoms with Crippen LogP contribution in [0.2, 0.25) is 0 Å². The van der Waals surface area contributed by atoms with Crippen molar-refractivity contribution in [1.82, 2.24) is 14.8 Å². The van der Waals surface area contributed by atoms with Gasteiger partial charge in [-0.3, -0.25) is 0 Å². The Morgan fingerprint density at radius 1 is 1.36 bits per heavy atom. The molecule has 114 valence electrons. The fourth-order valence-corrected chi connectivity index (χ4v) is 2.78. The van der Waals surface area contributed by atoms with Gasteiger partial charge in [0, 0.05) is 6.20 Å². The van der Waals surface area contributed by atoms with E-state index in [-0.39, 0.29) is 5.97 Å². The smallest absolute Gasteiger partial charge is 0.340 e. The van der Waals surface area contributed by atoms with Gasteiger partial charge in [-0.25, -0.2) is 9.31 Å². The van der Waals surface area contributed by atoms with E-state index in [1.165, 1.54) is 0 Å². The highest BCUT2D eigenvalue weighted by Crippen LogP contribution is 2.34. The van der Waals surface area contributed by atoms with Gasteiger partial charge in [0.05, 0.1) is 34.6 Å². The summed E-state index contributed by atoms with van der Waals surface area (Å²) in [6, 6.07) is 3.66. The number of carbonyl (C=O) groups is 1. The highest BCUT2D eigenvalue weighted by Gasteiger charge is 2.26. The van der Waals surface area contributed by atoms with Crippen LogP contribution in [0.5, 0.6) is 0 Å². The van der Waals surface area contributed by atoms with Crippen molar-refractivity contribution in [1.29, 1.82) is 0 Å². The lowest BCUT2D eigenvalue weighted by atomic mass is 10.0. The molecule has 0 aliphatic heterocycles. The minimum Gasteiger partial charge on any atom is -0.462 e. The molecule has 0 N–H and O–H groups in total. The zero-order valence-corrected chi connectivity index (χ0v) is 13.0. The normalized spacial score (nSPS) is 11.1. The average Bonchev–Trinajstić information content (AvgIpc) is 2.96. The Balaban J connectivity index is 2.37. The van der Waals surface area contributed by atoms with Crippen molar-refractivity contribution in [3.8, 4) is 11.3 Å². The van der Waals surface area contributed by atoms with Gasteiger partial charge in [0.15, 0.2) is 0 Å². The van der Waals surface area contributed by atoms with Crippen LogP contribution in [-0.4, -0.2) is 27.3 Å². The third-order valence-corrected chi connectivity index (χ3v) is 3.70. The van der Waals surface area contributed by atoms with Crippen LogP contribution in [0.3, 0.4) is 0 Å². The van der Waals surface area contributed by atoms with Gasteiger partial charge in [-0.15, -0.1) is 0 Å². The standard InChI is InChI=1S/C16H17N3O3/c1-5-21-16(20)13-9(2)15(14-10(3)18-22-11(14)4)19-12(13)7-6-8-17-19/h6-8H,5H2,1-4H3. The molecular weight excluding hydrogens is 282 g/mol. The van der Waals surface area contributed by atoms with Gasteiger partial charge >= 0.3 is 5.97 Å². The molecule has 0 saturated heterocycles. The molecule has 0 atom stereocenters. The number of hydrogen-bond donors (Lipinski definition) is 0. The summed E-state index contributed by atoms with van der Waals surface area (Å²) in [5, 5.41) is 8.38. The molecule has 3 heterocycles. The topological polar surface area (TPSA) is 69.6 Å². The van der Waals surface area contributed by atoms with Gasteiger partial charge < -0.3 is 9.26 Å². The zero-order valence-electron chi connectivity index (χ0n) is 13.0. The van der Waals surface area contributed by atoms with Crippen LogP contribution in [0.4, 0.5) is 0 Å². The molecule has 0 aromatic carbocycles. The van der Waals surface area contributed by atoms with Gasteiger partial charge in [0.2, 0.25) is 0 Å². The Bertz CT molecular complexity index is 842.